The van der Waals surface area contributed by atoms with E-state index in [1.54, 1.807) is 7.11 Å². The van der Waals surface area contributed by atoms with Crippen molar-refractivity contribution in [2.24, 2.45) is 5.41 Å². The van der Waals surface area contributed by atoms with Crippen LogP contribution in [-0.4, -0.2) is 36.6 Å². The van der Waals surface area contributed by atoms with Gasteiger partial charge in [0.05, 0.1) is 23.7 Å². The number of likely N-dealkylation sites (N-methyl/N-ethyl adjacent to an activating group) is 1. The number of aromatic nitrogens is 1. The average molecular weight is 443 g/mol. The van der Waals surface area contributed by atoms with Crippen LogP contribution in [0, 0.1) is 12.3 Å². The SMILES string of the molecule is CC.COc1c2c(nc3ccccc13)C1Oc3c(C)ccc4c3[C@@]13CCN(C)[C@H](C4)[C@]3(C)C2. The van der Waals surface area contributed by atoms with Gasteiger partial charge in [-0.15, -0.1) is 0 Å². The lowest BCUT2D eigenvalue weighted by Gasteiger charge is -2.64. The monoisotopic (exact) mass is 442 g/mol. The van der Waals surface area contributed by atoms with Crippen LogP contribution in [0.5, 0.6) is 11.5 Å². The van der Waals surface area contributed by atoms with E-state index in [0.29, 0.717) is 6.04 Å². The van der Waals surface area contributed by atoms with Crippen LogP contribution in [-0.2, 0) is 18.3 Å². The summed E-state index contributed by atoms with van der Waals surface area (Å²) in [4.78, 5) is 7.83. The highest BCUT2D eigenvalue weighted by molar-refractivity contribution is 5.87. The fraction of sp³-hybridized carbons (Fsp3) is 0.483. The predicted octanol–water partition coefficient (Wildman–Crippen LogP) is 5.77. The molecule has 4 aliphatic rings. The summed E-state index contributed by atoms with van der Waals surface area (Å²) in [5, 5.41) is 1.10. The second kappa shape index (κ2) is 6.96. The number of methoxy groups -OCH3 is 1. The lowest BCUT2D eigenvalue weighted by molar-refractivity contribution is -0.0913. The van der Waals surface area contributed by atoms with E-state index in [1.165, 1.54) is 22.3 Å². The zero-order valence-electron chi connectivity index (χ0n) is 20.7. The van der Waals surface area contributed by atoms with Gasteiger partial charge in [0.25, 0.3) is 0 Å². The maximum Gasteiger partial charge on any atom is 0.151 e. The molecule has 4 atom stereocenters. The molecule has 3 aromatic rings. The van der Waals surface area contributed by atoms with Crippen LogP contribution in [0.25, 0.3) is 10.9 Å². The van der Waals surface area contributed by atoms with E-state index in [2.05, 4.69) is 62.2 Å². The zero-order valence-corrected chi connectivity index (χ0v) is 20.7. The Kier molecular flexibility index (Phi) is 4.42. The first-order chi connectivity index (χ1) is 16.0. The molecule has 3 heterocycles. The summed E-state index contributed by atoms with van der Waals surface area (Å²) in [7, 11) is 4.11. The van der Waals surface area contributed by atoms with Crippen LogP contribution >= 0.6 is 0 Å². The molecule has 2 aromatic carbocycles. The van der Waals surface area contributed by atoms with E-state index in [4.69, 9.17) is 14.5 Å². The first-order valence-electron chi connectivity index (χ1n) is 12.4. The molecule has 0 saturated carbocycles. The van der Waals surface area contributed by atoms with E-state index in [9.17, 15) is 0 Å². The number of fused-ring (bicyclic) bond motifs is 3. The summed E-state index contributed by atoms with van der Waals surface area (Å²) in [6.07, 6.45) is 3.13. The highest BCUT2D eigenvalue weighted by atomic mass is 16.5. The third-order valence-corrected chi connectivity index (χ3v) is 9.10. The second-order valence-electron chi connectivity index (χ2n) is 10.3. The van der Waals surface area contributed by atoms with Gasteiger partial charge in [-0.2, -0.15) is 0 Å². The van der Waals surface area contributed by atoms with Crippen molar-refractivity contribution in [3.63, 3.8) is 0 Å². The summed E-state index contributed by atoms with van der Waals surface area (Å²) in [6.45, 7) is 9.81. The van der Waals surface area contributed by atoms with E-state index >= 15 is 0 Å². The van der Waals surface area contributed by atoms with E-state index in [0.717, 1.165) is 53.9 Å². The van der Waals surface area contributed by atoms with Crippen LogP contribution in [0.15, 0.2) is 36.4 Å². The van der Waals surface area contributed by atoms with Gasteiger partial charge in [-0.05, 0) is 63.0 Å². The number of ether oxygens (including phenoxy) is 2. The van der Waals surface area contributed by atoms with Gasteiger partial charge in [0, 0.05) is 28.0 Å². The van der Waals surface area contributed by atoms with Crippen LogP contribution in [0.3, 0.4) is 0 Å². The normalized spacial score (nSPS) is 30.6. The number of hydrogen-bond donors (Lipinski definition) is 0. The van der Waals surface area contributed by atoms with Gasteiger partial charge in [-0.25, -0.2) is 4.98 Å². The Labute approximate surface area is 196 Å². The van der Waals surface area contributed by atoms with Crippen molar-refractivity contribution in [3.8, 4) is 11.5 Å². The summed E-state index contributed by atoms with van der Waals surface area (Å²) in [5.74, 6) is 2.11. The van der Waals surface area contributed by atoms with Gasteiger partial charge >= 0.3 is 0 Å². The highest BCUT2D eigenvalue weighted by Gasteiger charge is 2.70. The van der Waals surface area contributed by atoms with Crippen molar-refractivity contribution >= 4 is 10.9 Å². The number of aryl methyl sites for hydroxylation is 1. The second-order valence-corrected chi connectivity index (χ2v) is 10.3. The number of pyridine rings is 1. The quantitative estimate of drug-likeness (QED) is 0.479. The minimum atomic E-state index is -0.0499. The van der Waals surface area contributed by atoms with Crippen LogP contribution < -0.4 is 9.47 Å². The molecule has 4 nitrogen and oxygen atoms in total. The minimum Gasteiger partial charge on any atom is -0.496 e. The molecule has 33 heavy (non-hydrogen) atoms. The molecule has 0 radical (unpaired) electrons. The average Bonchev–Trinajstić information content (AvgIpc) is 3.19. The molecule has 7 rings (SSSR count). The molecule has 0 N–H and O–H groups in total. The molecular formula is C29H34N2O2. The number of nitrogens with zero attached hydrogens (tertiary/aromatic N) is 2. The fourth-order valence-electron chi connectivity index (χ4n) is 7.69. The Morgan fingerprint density at radius 1 is 1.15 bits per heavy atom. The molecule has 2 aliphatic carbocycles. The molecule has 172 valence electrons. The predicted molar refractivity (Wildman–Crippen MR) is 132 cm³/mol. The van der Waals surface area contributed by atoms with Gasteiger partial charge in [0.2, 0.25) is 0 Å². The molecular weight excluding hydrogens is 408 g/mol. The number of piperidine rings is 1. The van der Waals surface area contributed by atoms with Gasteiger partial charge in [0.1, 0.15) is 11.5 Å². The molecule has 1 aromatic heterocycles. The number of likely N-dealkylation sites (tertiary alicyclic amines) is 1. The Hall–Kier alpha value is -2.59. The van der Waals surface area contributed by atoms with Gasteiger partial charge < -0.3 is 14.4 Å². The third-order valence-electron chi connectivity index (χ3n) is 9.10. The van der Waals surface area contributed by atoms with Crippen molar-refractivity contribution in [1.29, 1.82) is 0 Å². The molecule has 1 spiro atoms. The van der Waals surface area contributed by atoms with E-state index < -0.39 is 0 Å². The van der Waals surface area contributed by atoms with Gasteiger partial charge in [-0.1, -0.05) is 45.0 Å². The third kappa shape index (κ3) is 2.33. The van der Waals surface area contributed by atoms with Crippen molar-refractivity contribution in [1.82, 2.24) is 9.88 Å². The summed E-state index contributed by atoms with van der Waals surface area (Å²) in [5.41, 5.74) is 7.61. The lowest BCUT2D eigenvalue weighted by Crippen LogP contribution is -2.68. The Morgan fingerprint density at radius 3 is 2.73 bits per heavy atom. The maximum atomic E-state index is 6.95. The molecule has 1 fully saturated rings. The van der Waals surface area contributed by atoms with Gasteiger partial charge in [0.15, 0.2) is 6.10 Å². The van der Waals surface area contributed by atoms with Crippen LogP contribution in [0.4, 0.5) is 0 Å². The summed E-state index contributed by atoms with van der Waals surface area (Å²) in [6, 6.07) is 13.5. The standard InChI is InChI=1S/C27H28N2O2.C2H6/c1-15-9-10-16-13-20-26(2)14-18-22(28-19-8-6-5-7-17(19)24(18)30-4)25-27(26,11-12-29(20)3)21(16)23(15)31-25;1-2/h5-10,20,25H,11-14H2,1-4H3;1-2H3/t20-,25?,26+,27+;/m1./s1. The lowest BCUT2D eigenvalue weighted by atomic mass is 9.44. The fourth-order valence-corrected chi connectivity index (χ4v) is 7.69. The molecule has 2 bridgehead atoms. The summed E-state index contributed by atoms with van der Waals surface area (Å²) < 4.78 is 13.0. The molecule has 0 amide bonds. The van der Waals surface area contributed by atoms with Crippen LogP contribution in [0.2, 0.25) is 0 Å². The van der Waals surface area contributed by atoms with E-state index in [1.807, 2.05) is 13.8 Å². The number of para-hydroxylation sites is 1. The van der Waals surface area contributed by atoms with Gasteiger partial charge in [-0.3, -0.25) is 0 Å². The van der Waals surface area contributed by atoms with Crippen LogP contribution in [0.1, 0.15) is 61.2 Å². The first-order valence-corrected chi connectivity index (χ1v) is 12.4. The molecule has 1 saturated heterocycles. The Balaban J connectivity index is 0.00000101. The molecule has 1 unspecified atom stereocenters. The molecule has 4 heteroatoms. The number of benzene rings is 2. The Bertz CT molecular complexity index is 1280. The largest absolute Gasteiger partial charge is 0.496 e. The van der Waals surface area contributed by atoms with Crippen molar-refractivity contribution < 1.29 is 9.47 Å². The van der Waals surface area contributed by atoms with Crippen molar-refractivity contribution in [2.75, 3.05) is 20.7 Å². The smallest absolute Gasteiger partial charge is 0.151 e. The highest BCUT2D eigenvalue weighted by Crippen LogP contribution is 2.71. The van der Waals surface area contributed by atoms with E-state index in [-0.39, 0.29) is 16.9 Å². The molecule has 2 aliphatic heterocycles. The number of hydrogen-bond acceptors (Lipinski definition) is 4. The Morgan fingerprint density at radius 2 is 1.94 bits per heavy atom. The number of rotatable bonds is 1. The van der Waals surface area contributed by atoms with Crippen molar-refractivity contribution in [2.45, 2.75) is 64.5 Å². The first kappa shape index (κ1) is 21.0. The topological polar surface area (TPSA) is 34.6 Å². The summed E-state index contributed by atoms with van der Waals surface area (Å²) >= 11 is 0. The minimum absolute atomic E-state index is 0.0212. The van der Waals surface area contributed by atoms with Crippen molar-refractivity contribution in [3.05, 3.63) is 64.3 Å². The zero-order chi connectivity index (χ0) is 23.1. The maximum absolute atomic E-state index is 6.95.